The standard InChI is InChI=1S/C27H31NO3/c1-26(2)23(21-10-6-8-17-7-4-5-9-20(17)21)28(24(26)29)22-18-11-16-12-19(22)15-27(13-16,14-18)25(30)31-3/h4-10,16,18-19,22-23H,11-15H2,1-3H3. The topological polar surface area (TPSA) is 46.6 Å². The van der Waals surface area contributed by atoms with Crippen molar-refractivity contribution in [2.45, 2.75) is 58.0 Å². The van der Waals surface area contributed by atoms with Crippen LogP contribution in [0.4, 0.5) is 0 Å². The van der Waals surface area contributed by atoms with Crippen molar-refractivity contribution in [3.63, 3.8) is 0 Å². The highest BCUT2D eigenvalue weighted by Gasteiger charge is 2.65. The predicted octanol–water partition coefficient (Wildman–Crippen LogP) is 5.12. The van der Waals surface area contributed by atoms with Crippen LogP contribution < -0.4 is 0 Å². The summed E-state index contributed by atoms with van der Waals surface area (Å²) in [6.45, 7) is 4.20. The van der Waals surface area contributed by atoms with Crippen molar-refractivity contribution in [1.82, 2.24) is 4.90 Å². The summed E-state index contributed by atoms with van der Waals surface area (Å²) in [7, 11) is 1.52. The molecule has 5 aliphatic rings. The summed E-state index contributed by atoms with van der Waals surface area (Å²) in [6, 6.07) is 15.3. The number of rotatable bonds is 3. The number of fused-ring (bicyclic) bond motifs is 1. The maximum atomic E-state index is 13.5. The van der Waals surface area contributed by atoms with Gasteiger partial charge in [0.1, 0.15) is 0 Å². The van der Waals surface area contributed by atoms with E-state index in [1.165, 1.54) is 23.4 Å². The second-order valence-electron chi connectivity index (χ2n) is 11.1. The van der Waals surface area contributed by atoms with Gasteiger partial charge in [-0.3, -0.25) is 9.59 Å². The third kappa shape index (κ3) is 2.48. The smallest absolute Gasteiger partial charge is 0.311 e. The molecule has 5 fully saturated rings. The summed E-state index contributed by atoms with van der Waals surface area (Å²) in [5.74, 6) is 1.67. The Morgan fingerprint density at radius 2 is 1.68 bits per heavy atom. The normalized spacial score (nSPS) is 37.7. The second kappa shape index (κ2) is 6.34. The lowest BCUT2D eigenvalue weighted by Gasteiger charge is -2.66. The van der Waals surface area contributed by atoms with Crippen LogP contribution in [0.3, 0.4) is 0 Å². The highest BCUT2D eigenvalue weighted by atomic mass is 16.5. The summed E-state index contributed by atoms with van der Waals surface area (Å²) in [5, 5.41) is 2.47. The SMILES string of the molecule is COC(=O)C12CC3CC(C1)C(N1C(=O)C(C)(C)C1c1cccc4ccccc14)C(C3)C2. The number of β-lactam (4-membered cyclic amide) rings is 1. The van der Waals surface area contributed by atoms with Crippen molar-refractivity contribution in [2.24, 2.45) is 28.6 Å². The van der Waals surface area contributed by atoms with Gasteiger partial charge in [-0.25, -0.2) is 0 Å². The van der Waals surface area contributed by atoms with E-state index in [-0.39, 0.29) is 29.4 Å². The van der Waals surface area contributed by atoms with Crippen LogP contribution in [-0.2, 0) is 14.3 Å². The first kappa shape index (κ1) is 19.3. The molecule has 1 saturated heterocycles. The highest BCUT2D eigenvalue weighted by molar-refractivity contribution is 5.94. The van der Waals surface area contributed by atoms with Crippen molar-refractivity contribution in [3.05, 3.63) is 48.0 Å². The summed E-state index contributed by atoms with van der Waals surface area (Å²) < 4.78 is 5.24. The number of hydrogen-bond donors (Lipinski definition) is 0. The number of amides is 1. The Morgan fingerprint density at radius 1 is 1.00 bits per heavy atom. The number of carbonyl (C=O) groups is 2. The Labute approximate surface area is 183 Å². The van der Waals surface area contributed by atoms with Gasteiger partial charge in [0.25, 0.3) is 0 Å². The van der Waals surface area contributed by atoms with Gasteiger partial charge in [0.2, 0.25) is 5.91 Å². The van der Waals surface area contributed by atoms with Gasteiger partial charge in [-0.2, -0.15) is 0 Å². The molecule has 162 valence electrons. The van der Waals surface area contributed by atoms with Crippen LogP contribution in [0.1, 0.15) is 57.6 Å². The maximum absolute atomic E-state index is 13.5. The molecule has 4 saturated carbocycles. The fourth-order valence-corrected chi connectivity index (χ4v) is 8.10. The van der Waals surface area contributed by atoms with Gasteiger partial charge in [0, 0.05) is 6.04 Å². The van der Waals surface area contributed by atoms with Crippen LogP contribution in [0.2, 0.25) is 0 Å². The molecule has 2 aromatic carbocycles. The Bertz CT molecular complexity index is 1070. The van der Waals surface area contributed by atoms with E-state index in [0.717, 1.165) is 32.1 Å². The first-order chi connectivity index (χ1) is 14.9. The van der Waals surface area contributed by atoms with E-state index in [4.69, 9.17) is 4.74 Å². The molecule has 1 aliphatic heterocycles. The molecule has 0 N–H and O–H groups in total. The fourth-order valence-electron chi connectivity index (χ4n) is 8.10. The second-order valence-corrected chi connectivity index (χ2v) is 11.1. The molecule has 4 bridgehead atoms. The van der Waals surface area contributed by atoms with E-state index < -0.39 is 5.41 Å². The lowest BCUT2D eigenvalue weighted by molar-refractivity contribution is -0.203. The van der Waals surface area contributed by atoms with Gasteiger partial charge >= 0.3 is 5.97 Å². The minimum Gasteiger partial charge on any atom is -0.469 e. The van der Waals surface area contributed by atoms with E-state index in [9.17, 15) is 9.59 Å². The van der Waals surface area contributed by atoms with Crippen LogP contribution in [-0.4, -0.2) is 29.9 Å². The van der Waals surface area contributed by atoms with E-state index in [2.05, 4.69) is 61.2 Å². The molecule has 3 atom stereocenters. The number of nitrogens with zero attached hydrogens (tertiary/aromatic N) is 1. The molecule has 1 amide bonds. The number of esters is 1. The molecule has 0 aromatic heterocycles. The molecule has 1 heterocycles. The molecule has 0 spiro atoms. The van der Waals surface area contributed by atoms with Gasteiger partial charge in [0.05, 0.1) is 24.0 Å². The van der Waals surface area contributed by atoms with Gasteiger partial charge in [0.15, 0.2) is 0 Å². The fraction of sp³-hybridized carbons (Fsp3) is 0.556. The monoisotopic (exact) mass is 417 g/mol. The van der Waals surface area contributed by atoms with Gasteiger partial charge in [-0.05, 0) is 80.0 Å². The van der Waals surface area contributed by atoms with Gasteiger partial charge in [-0.15, -0.1) is 0 Å². The molecular formula is C27H31NO3. The van der Waals surface area contributed by atoms with Crippen LogP contribution in [0.5, 0.6) is 0 Å². The molecular weight excluding hydrogens is 386 g/mol. The number of methoxy groups -OCH3 is 1. The molecule has 4 heteroatoms. The highest BCUT2D eigenvalue weighted by Crippen LogP contribution is 2.65. The minimum absolute atomic E-state index is 0.0220. The lowest BCUT2D eigenvalue weighted by atomic mass is 9.47. The molecule has 0 radical (unpaired) electrons. The number of likely N-dealkylation sites (tertiary alicyclic amines) is 1. The number of ether oxygens (including phenoxy) is 1. The van der Waals surface area contributed by atoms with Crippen LogP contribution in [0, 0.1) is 28.6 Å². The van der Waals surface area contributed by atoms with Gasteiger partial charge in [-0.1, -0.05) is 42.5 Å². The van der Waals surface area contributed by atoms with E-state index >= 15 is 0 Å². The number of benzene rings is 2. The molecule has 7 rings (SSSR count). The number of carbonyl (C=O) groups excluding carboxylic acids is 2. The van der Waals surface area contributed by atoms with Crippen LogP contribution >= 0.6 is 0 Å². The van der Waals surface area contributed by atoms with Gasteiger partial charge < -0.3 is 9.64 Å². The Balaban J connectivity index is 1.41. The summed E-state index contributed by atoms with van der Waals surface area (Å²) in [5.41, 5.74) is 0.554. The zero-order chi connectivity index (χ0) is 21.5. The van der Waals surface area contributed by atoms with Crippen LogP contribution in [0.25, 0.3) is 10.8 Å². The molecule has 4 aliphatic carbocycles. The first-order valence-corrected chi connectivity index (χ1v) is 11.7. The minimum atomic E-state index is -0.404. The average Bonchev–Trinajstić information content (AvgIpc) is 2.76. The summed E-state index contributed by atoms with van der Waals surface area (Å²) >= 11 is 0. The Morgan fingerprint density at radius 3 is 2.39 bits per heavy atom. The van der Waals surface area contributed by atoms with Crippen molar-refractivity contribution in [3.8, 4) is 0 Å². The number of hydrogen-bond acceptors (Lipinski definition) is 3. The molecule has 4 nitrogen and oxygen atoms in total. The Kier molecular flexibility index (Phi) is 3.95. The van der Waals surface area contributed by atoms with Crippen molar-refractivity contribution >= 4 is 22.6 Å². The maximum Gasteiger partial charge on any atom is 0.311 e. The predicted molar refractivity (Wildman–Crippen MR) is 119 cm³/mol. The zero-order valence-corrected chi connectivity index (χ0v) is 18.6. The third-order valence-electron chi connectivity index (χ3n) is 9.03. The lowest BCUT2D eigenvalue weighted by Crippen LogP contribution is -2.70. The largest absolute Gasteiger partial charge is 0.469 e. The molecule has 31 heavy (non-hydrogen) atoms. The van der Waals surface area contributed by atoms with E-state index in [1.54, 1.807) is 0 Å². The molecule has 3 unspecified atom stereocenters. The zero-order valence-electron chi connectivity index (χ0n) is 18.6. The average molecular weight is 418 g/mol. The Hall–Kier alpha value is -2.36. The third-order valence-corrected chi connectivity index (χ3v) is 9.03. The first-order valence-electron chi connectivity index (χ1n) is 11.7. The van der Waals surface area contributed by atoms with Crippen LogP contribution in [0.15, 0.2) is 42.5 Å². The van der Waals surface area contributed by atoms with Crippen molar-refractivity contribution < 1.29 is 14.3 Å². The molecule has 2 aromatic rings. The quantitative estimate of drug-likeness (QED) is 0.515. The van der Waals surface area contributed by atoms with E-state index in [0.29, 0.717) is 17.8 Å². The van der Waals surface area contributed by atoms with Crippen molar-refractivity contribution in [2.75, 3.05) is 7.11 Å². The summed E-state index contributed by atoms with van der Waals surface area (Å²) in [6.07, 6.45) is 5.03. The van der Waals surface area contributed by atoms with E-state index in [1.807, 2.05) is 0 Å². The summed E-state index contributed by atoms with van der Waals surface area (Å²) in [4.78, 5) is 28.5. The van der Waals surface area contributed by atoms with Crippen molar-refractivity contribution in [1.29, 1.82) is 0 Å².